The molecular weight excluding hydrogens is 266 g/mol. The standard InChI is InChI=1S/C14H18ClNO3/c15-11-8-10(4-5-12(11)17)13(18)16-9-14(19)6-2-1-3-7-14/h4-5,8,17,19H,1-3,6-7,9H2,(H,16,18). The Labute approximate surface area is 117 Å². The van der Waals surface area contributed by atoms with E-state index < -0.39 is 5.60 Å². The lowest BCUT2D eigenvalue weighted by Gasteiger charge is -2.32. The lowest BCUT2D eigenvalue weighted by molar-refractivity contribution is 0.00525. The summed E-state index contributed by atoms with van der Waals surface area (Å²) in [6, 6.07) is 4.30. The maximum atomic E-state index is 11.9. The number of hydrogen-bond donors (Lipinski definition) is 3. The first-order valence-corrected chi connectivity index (χ1v) is 6.87. The van der Waals surface area contributed by atoms with Gasteiger partial charge in [-0.25, -0.2) is 0 Å². The van der Waals surface area contributed by atoms with Gasteiger partial charge in [-0.2, -0.15) is 0 Å². The molecule has 19 heavy (non-hydrogen) atoms. The van der Waals surface area contributed by atoms with Crippen molar-refractivity contribution in [2.45, 2.75) is 37.7 Å². The number of carbonyl (C=O) groups is 1. The molecule has 1 fully saturated rings. The summed E-state index contributed by atoms with van der Waals surface area (Å²) in [7, 11) is 0. The van der Waals surface area contributed by atoms with E-state index in [0.717, 1.165) is 32.1 Å². The van der Waals surface area contributed by atoms with Gasteiger partial charge in [0.05, 0.1) is 10.6 Å². The number of hydrogen-bond acceptors (Lipinski definition) is 3. The van der Waals surface area contributed by atoms with Crippen molar-refractivity contribution in [3.8, 4) is 5.75 Å². The fraction of sp³-hybridized carbons (Fsp3) is 0.500. The molecule has 3 N–H and O–H groups in total. The first-order chi connectivity index (χ1) is 9.00. The Balaban J connectivity index is 1.95. The molecule has 1 aliphatic rings. The quantitative estimate of drug-likeness (QED) is 0.798. The highest BCUT2D eigenvalue weighted by molar-refractivity contribution is 6.32. The van der Waals surface area contributed by atoms with Gasteiger partial charge in [0.15, 0.2) is 0 Å². The number of nitrogens with one attached hydrogen (secondary N) is 1. The Morgan fingerprint density at radius 2 is 2.00 bits per heavy atom. The number of halogens is 1. The molecule has 4 nitrogen and oxygen atoms in total. The maximum Gasteiger partial charge on any atom is 0.251 e. The van der Waals surface area contributed by atoms with Crippen molar-refractivity contribution in [3.05, 3.63) is 28.8 Å². The molecule has 1 aliphatic carbocycles. The lowest BCUT2D eigenvalue weighted by Crippen LogP contribution is -2.44. The number of phenolic OH excluding ortho intramolecular Hbond substituents is 1. The molecule has 2 rings (SSSR count). The van der Waals surface area contributed by atoms with Crippen molar-refractivity contribution in [3.63, 3.8) is 0 Å². The minimum atomic E-state index is -0.783. The number of benzene rings is 1. The highest BCUT2D eigenvalue weighted by Crippen LogP contribution is 2.27. The molecule has 0 atom stereocenters. The number of aromatic hydroxyl groups is 1. The Morgan fingerprint density at radius 3 is 2.63 bits per heavy atom. The van der Waals surface area contributed by atoms with Crippen molar-refractivity contribution in [2.24, 2.45) is 0 Å². The van der Waals surface area contributed by atoms with Crippen LogP contribution < -0.4 is 5.32 Å². The fourth-order valence-corrected chi connectivity index (χ4v) is 2.56. The van der Waals surface area contributed by atoms with E-state index in [9.17, 15) is 15.0 Å². The number of amides is 1. The molecule has 104 valence electrons. The van der Waals surface area contributed by atoms with Crippen LogP contribution in [-0.4, -0.2) is 28.3 Å². The van der Waals surface area contributed by atoms with Gasteiger partial charge in [-0.05, 0) is 31.0 Å². The third-order valence-electron chi connectivity index (χ3n) is 3.57. The van der Waals surface area contributed by atoms with Crippen LogP contribution in [0, 0.1) is 0 Å². The summed E-state index contributed by atoms with van der Waals surface area (Å²) < 4.78 is 0. The minimum Gasteiger partial charge on any atom is -0.506 e. The van der Waals surface area contributed by atoms with Crippen molar-refractivity contribution < 1.29 is 15.0 Å². The number of aliphatic hydroxyl groups is 1. The third kappa shape index (κ3) is 3.61. The Bertz CT molecular complexity index is 470. The van der Waals surface area contributed by atoms with E-state index in [-0.39, 0.29) is 23.2 Å². The molecule has 0 aliphatic heterocycles. The summed E-state index contributed by atoms with van der Waals surface area (Å²) in [5.74, 6) is -0.343. The van der Waals surface area contributed by atoms with Gasteiger partial charge in [0.1, 0.15) is 5.75 Å². The molecule has 0 heterocycles. The summed E-state index contributed by atoms with van der Waals surface area (Å²) in [6.45, 7) is 0.254. The zero-order valence-corrected chi connectivity index (χ0v) is 11.4. The monoisotopic (exact) mass is 283 g/mol. The molecule has 1 amide bonds. The molecule has 0 aromatic heterocycles. The summed E-state index contributed by atoms with van der Waals surface area (Å²) in [6.07, 6.45) is 4.59. The fourth-order valence-electron chi connectivity index (χ4n) is 2.38. The van der Waals surface area contributed by atoms with E-state index in [0.29, 0.717) is 5.56 Å². The molecular formula is C14H18ClNO3. The molecule has 1 aromatic carbocycles. The maximum absolute atomic E-state index is 11.9. The van der Waals surface area contributed by atoms with Crippen LogP contribution in [0.5, 0.6) is 5.75 Å². The van der Waals surface area contributed by atoms with Gasteiger partial charge in [-0.1, -0.05) is 30.9 Å². The van der Waals surface area contributed by atoms with Crippen LogP contribution in [0.25, 0.3) is 0 Å². The van der Waals surface area contributed by atoms with E-state index in [2.05, 4.69) is 5.32 Å². The van der Waals surface area contributed by atoms with Gasteiger partial charge in [0.2, 0.25) is 0 Å². The molecule has 0 radical (unpaired) electrons. The smallest absolute Gasteiger partial charge is 0.251 e. The summed E-state index contributed by atoms with van der Waals surface area (Å²) in [5.41, 5.74) is -0.406. The molecule has 5 heteroatoms. The van der Waals surface area contributed by atoms with Crippen molar-refractivity contribution in [2.75, 3.05) is 6.54 Å². The second-order valence-electron chi connectivity index (χ2n) is 5.13. The van der Waals surface area contributed by atoms with Crippen molar-refractivity contribution in [1.82, 2.24) is 5.32 Å². The van der Waals surface area contributed by atoms with E-state index in [1.807, 2.05) is 0 Å². The van der Waals surface area contributed by atoms with E-state index >= 15 is 0 Å². The summed E-state index contributed by atoms with van der Waals surface area (Å²) in [5, 5.41) is 22.5. The largest absolute Gasteiger partial charge is 0.506 e. The van der Waals surface area contributed by atoms with Gasteiger partial charge in [-0.3, -0.25) is 4.79 Å². The van der Waals surface area contributed by atoms with Gasteiger partial charge in [0, 0.05) is 12.1 Å². The second kappa shape index (κ2) is 5.80. The molecule has 1 aromatic rings. The van der Waals surface area contributed by atoms with Gasteiger partial charge in [0.25, 0.3) is 5.91 Å². The first kappa shape index (κ1) is 14.2. The summed E-state index contributed by atoms with van der Waals surface area (Å²) >= 11 is 5.75. The van der Waals surface area contributed by atoms with Crippen LogP contribution in [0.3, 0.4) is 0 Å². The number of rotatable bonds is 3. The second-order valence-corrected chi connectivity index (χ2v) is 5.54. The van der Waals surface area contributed by atoms with Crippen molar-refractivity contribution >= 4 is 17.5 Å². The third-order valence-corrected chi connectivity index (χ3v) is 3.87. The van der Waals surface area contributed by atoms with E-state index in [1.165, 1.54) is 18.2 Å². The van der Waals surface area contributed by atoms with Gasteiger partial charge >= 0.3 is 0 Å². The Morgan fingerprint density at radius 1 is 1.32 bits per heavy atom. The van der Waals surface area contributed by atoms with Crippen LogP contribution in [0.15, 0.2) is 18.2 Å². The van der Waals surface area contributed by atoms with Crippen LogP contribution in [0.4, 0.5) is 0 Å². The molecule has 0 bridgehead atoms. The van der Waals surface area contributed by atoms with Crippen LogP contribution in [0.2, 0.25) is 5.02 Å². The normalized spacial score (nSPS) is 18.0. The topological polar surface area (TPSA) is 69.6 Å². The predicted octanol–water partition coefficient (Wildman–Crippen LogP) is 2.47. The molecule has 1 saturated carbocycles. The summed E-state index contributed by atoms with van der Waals surface area (Å²) in [4.78, 5) is 11.9. The van der Waals surface area contributed by atoms with E-state index in [4.69, 9.17) is 11.6 Å². The SMILES string of the molecule is O=C(NCC1(O)CCCCC1)c1ccc(O)c(Cl)c1. The molecule has 0 spiro atoms. The van der Waals surface area contributed by atoms with Crippen LogP contribution in [0.1, 0.15) is 42.5 Å². The van der Waals surface area contributed by atoms with E-state index in [1.54, 1.807) is 0 Å². The number of carbonyl (C=O) groups excluding carboxylic acids is 1. The highest BCUT2D eigenvalue weighted by atomic mass is 35.5. The zero-order valence-electron chi connectivity index (χ0n) is 10.7. The zero-order chi connectivity index (χ0) is 13.9. The van der Waals surface area contributed by atoms with Gasteiger partial charge < -0.3 is 15.5 Å². The van der Waals surface area contributed by atoms with Gasteiger partial charge in [-0.15, -0.1) is 0 Å². The molecule has 0 saturated heterocycles. The average molecular weight is 284 g/mol. The Hall–Kier alpha value is -1.26. The minimum absolute atomic E-state index is 0.0517. The highest BCUT2D eigenvalue weighted by Gasteiger charge is 2.29. The van der Waals surface area contributed by atoms with Crippen molar-refractivity contribution in [1.29, 1.82) is 0 Å². The first-order valence-electron chi connectivity index (χ1n) is 6.49. The van der Waals surface area contributed by atoms with Crippen LogP contribution in [-0.2, 0) is 0 Å². The lowest BCUT2D eigenvalue weighted by atomic mass is 9.85. The molecule has 0 unspecified atom stereocenters. The number of phenols is 1. The average Bonchev–Trinajstić information content (AvgIpc) is 2.40. The Kier molecular flexibility index (Phi) is 4.32. The predicted molar refractivity (Wildman–Crippen MR) is 73.5 cm³/mol. The van der Waals surface area contributed by atoms with Crippen LogP contribution >= 0.6 is 11.6 Å².